The molecule has 0 radical (unpaired) electrons. The summed E-state index contributed by atoms with van der Waals surface area (Å²) in [6.45, 7) is 2.79. The fourth-order valence-corrected chi connectivity index (χ4v) is 2.07. The third kappa shape index (κ3) is 1.91. The largest absolute Gasteiger partial charge is 0.399 e. The maximum absolute atomic E-state index is 12.0. The standard InChI is InChI=1S/C12H14N4O2/c13-8-1-2-10-9(7-8)11(17)15-12(14-10)16-3-5-18-6-4-16/h1-2,7H,3-6,13H2,(H,14,15,17). The van der Waals surface area contributed by atoms with Crippen molar-refractivity contribution in [1.82, 2.24) is 9.97 Å². The van der Waals surface area contributed by atoms with Crippen LogP contribution < -0.4 is 16.2 Å². The second-order valence-electron chi connectivity index (χ2n) is 4.27. The van der Waals surface area contributed by atoms with Crippen molar-refractivity contribution < 1.29 is 4.74 Å². The van der Waals surface area contributed by atoms with Gasteiger partial charge in [-0.1, -0.05) is 0 Å². The lowest BCUT2D eigenvalue weighted by Gasteiger charge is -2.27. The van der Waals surface area contributed by atoms with E-state index in [2.05, 4.69) is 9.97 Å². The summed E-state index contributed by atoms with van der Waals surface area (Å²) in [5, 5.41) is 0.520. The lowest BCUT2D eigenvalue weighted by Crippen LogP contribution is -2.38. The first-order chi connectivity index (χ1) is 8.74. The number of aromatic nitrogens is 2. The Hall–Kier alpha value is -2.08. The molecule has 1 aromatic carbocycles. The molecule has 94 valence electrons. The number of ether oxygens (including phenoxy) is 1. The number of rotatable bonds is 1. The van der Waals surface area contributed by atoms with E-state index in [0.29, 0.717) is 35.8 Å². The van der Waals surface area contributed by atoms with Gasteiger partial charge in [0.25, 0.3) is 5.56 Å². The van der Waals surface area contributed by atoms with Gasteiger partial charge < -0.3 is 15.4 Å². The van der Waals surface area contributed by atoms with Crippen LogP contribution in [0.2, 0.25) is 0 Å². The summed E-state index contributed by atoms with van der Waals surface area (Å²) < 4.78 is 5.28. The number of morpholine rings is 1. The number of anilines is 2. The van der Waals surface area contributed by atoms with Crippen molar-refractivity contribution in [2.45, 2.75) is 0 Å². The van der Waals surface area contributed by atoms with Gasteiger partial charge in [-0.05, 0) is 18.2 Å². The van der Waals surface area contributed by atoms with Gasteiger partial charge in [0.15, 0.2) is 0 Å². The second-order valence-corrected chi connectivity index (χ2v) is 4.27. The van der Waals surface area contributed by atoms with Gasteiger partial charge in [0.05, 0.1) is 24.1 Å². The average molecular weight is 246 g/mol. The zero-order chi connectivity index (χ0) is 12.5. The molecule has 2 aromatic rings. The van der Waals surface area contributed by atoms with E-state index < -0.39 is 0 Å². The molecular weight excluding hydrogens is 232 g/mol. The van der Waals surface area contributed by atoms with Crippen LogP contribution >= 0.6 is 0 Å². The number of aromatic amines is 1. The Balaban J connectivity index is 2.09. The molecular formula is C12H14N4O2. The highest BCUT2D eigenvalue weighted by Crippen LogP contribution is 2.15. The molecule has 6 nitrogen and oxygen atoms in total. The molecule has 0 aliphatic carbocycles. The lowest BCUT2D eigenvalue weighted by molar-refractivity contribution is 0.122. The van der Waals surface area contributed by atoms with E-state index in [1.807, 2.05) is 4.90 Å². The molecule has 6 heteroatoms. The maximum Gasteiger partial charge on any atom is 0.260 e. The van der Waals surface area contributed by atoms with Crippen molar-refractivity contribution in [1.29, 1.82) is 0 Å². The van der Waals surface area contributed by atoms with Crippen LogP contribution in [0.25, 0.3) is 10.9 Å². The lowest BCUT2D eigenvalue weighted by atomic mass is 10.2. The molecule has 3 N–H and O–H groups in total. The number of fused-ring (bicyclic) bond motifs is 1. The summed E-state index contributed by atoms with van der Waals surface area (Å²) in [5.74, 6) is 0.598. The molecule has 1 aromatic heterocycles. The van der Waals surface area contributed by atoms with Gasteiger partial charge in [-0.2, -0.15) is 0 Å². The number of nitrogens with zero attached hydrogens (tertiary/aromatic N) is 2. The van der Waals surface area contributed by atoms with Gasteiger partial charge in [0.1, 0.15) is 0 Å². The van der Waals surface area contributed by atoms with E-state index in [0.717, 1.165) is 13.1 Å². The molecule has 18 heavy (non-hydrogen) atoms. The van der Waals surface area contributed by atoms with E-state index in [4.69, 9.17) is 10.5 Å². The van der Waals surface area contributed by atoms with Crippen molar-refractivity contribution >= 4 is 22.5 Å². The Labute approximate surface area is 103 Å². The van der Waals surface area contributed by atoms with Crippen LogP contribution in [0, 0.1) is 0 Å². The number of H-pyrrole nitrogens is 1. The number of benzene rings is 1. The Kier molecular flexibility index (Phi) is 2.64. The maximum atomic E-state index is 12.0. The van der Waals surface area contributed by atoms with Crippen LogP contribution in [0.15, 0.2) is 23.0 Å². The van der Waals surface area contributed by atoms with E-state index in [-0.39, 0.29) is 5.56 Å². The topological polar surface area (TPSA) is 84.2 Å². The molecule has 1 fully saturated rings. The monoisotopic (exact) mass is 246 g/mol. The van der Waals surface area contributed by atoms with Crippen molar-refractivity contribution in [3.05, 3.63) is 28.6 Å². The van der Waals surface area contributed by atoms with Crippen LogP contribution in [0.3, 0.4) is 0 Å². The third-order valence-electron chi connectivity index (χ3n) is 3.03. The summed E-state index contributed by atoms with van der Waals surface area (Å²) in [6.07, 6.45) is 0. The molecule has 0 amide bonds. The number of hydrogen-bond acceptors (Lipinski definition) is 5. The van der Waals surface area contributed by atoms with Gasteiger partial charge >= 0.3 is 0 Å². The summed E-state index contributed by atoms with van der Waals surface area (Å²) in [6, 6.07) is 5.16. The highest BCUT2D eigenvalue weighted by atomic mass is 16.5. The first-order valence-corrected chi connectivity index (χ1v) is 5.86. The third-order valence-corrected chi connectivity index (χ3v) is 3.03. The van der Waals surface area contributed by atoms with Crippen LogP contribution in [0.5, 0.6) is 0 Å². The summed E-state index contributed by atoms with van der Waals surface area (Å²) in [7, 11) is 0. The van der Waals surface area contributed by atoms with E-state index in [9.17, 15) is 4.79 Å². The number of nitrogens with one attached hydrogen (secondary N) is 1. The minimum atomic E-state index is -0.159. The zero-order valence-corrected chi connectivity index (χ0v) is 9.85. The highest BCUT2D eigenvalue weighted by molar-refractivity contribution is 5.81. The van der Waals surface area contributed by atoms with Crippen LogP contribution in [0.1, 0.15) is 0 Å². The molecule has 1 aliphatic heterocycles. The molecule has 2 heterocycles. The van der Waals surface area contributed by atoms with Gasteiger partial charge in [-0.3, -0.25) is 9.78 Å². The van der Waals surface area contributed by atoms with Crippen LogP contribution in [-0.2, 0) is 4.74 Å². The van der Waals surface area contributed by atoms with Crippen molar-refractivity contribution in [3.8, 4) is 0 Å². The SMILES string of the molecule is Nc1ccc2nc(N3CCOCC3)[nH]c(=O)c2c1. The summed E-state index contributed by atoms with van der Waals surface area (Å²) in [5.41, 5.74) is 6.73. The number of hydrogen-bond donors (Lipinski definition) is 2. The predicted octanol–water partition coefficient (Wildman–Crippen LogP) is 0.342. The molecule has 0 saturated carbocycles. The van der Waals surface area contributed by atoms with Crippen molar-refractivity contribution in [2.24, 2.45) is 0 Å². The van der Waals surface area contributed by atoms with Crippen molar-refractivity contribution in [2.75, 3.05) is 36.9 Å². The summed E-state index contributed by atoms with van der Waals surface area (Å²) >= 11 is 0. The molecule has 0 spiro atoms. The number of nitrogen functional groups attached to an aromatic ring is 1. The minimum Gasteiger partial charge on any atom is -0.399 e. The Morgan fingerprint density at radius 2 is 2.11 bits per heavy atom. The molecule has 1 aliphatic rings. The zero-order valence-electron chi connectivity index (χ0n) is 9.85. The molecule has 0 unspecified atom stereocenters. The fraction of sp³-hybridized carbons (Fsp3) is 0.333. The van der Waals surface area contributed by atoms with E-state index in [1.54, 1.807) is 18.2 Å². The van der Waals surface area contributed by atoms with Crippen molar-refractivity contribution in [3.63, 3.8) is 0 Å². The Bertz CT molecular complexity index is 632. The van der Waals surface area contributed by atoms with Gasteiger partial charge in [-0.25, -0.2) is 4.98 Å². The summed E-state index contributed by atoms with van der Waals surface area (Å²) in [4.78, 5) is 21.3. The molecule has 0 bridgehead atoms. The van der Waals surface area contributed by atoms with Crippen LogP contribution in [-0.4, -0.2) is 36.3 Å². The quantitative estimate of drug-likeness (QED) is 0.709. The Morgan fingerprint density at radius 3 is 2.89 bits per heavy atom. The molecule has 1 saturated heterocycles. The fourth-order valence-electron chi connectivity index (χ4n) is 2.07. The first-order valence-electron chi connectivity index (χ1n) is 5.86. The van der Waals surface area contributed by atoms with Gasteiger partial charge in [-0.15, -0.1) is 0 Å². The smallest absolute Gasteiger partial charge is 0.260 e. The minimum absolute atomic E-state index is 0.159. The van der Waals surface area contributed by atoms with Gasteiger partial charge in [0, 0.05) is 18.8 Å². The normalized spacial score (nSPS) is 16.1. The second kappa shape index (κ2) is 4.30. The Morgan fingerprint density at radius 1 is 1.33 bits per heavy atom. The van der Waals surface area contributed by atoms with E-state index in [1.165, 1.54) is 0 Å². The molecule has 3 rings (SSSR count). The molecule has 0 atom stereocenters. The average Bonchev–Trinajstić information content (AvgIpc) is 2.40. The van der Waals surface area contributed by atoms with Crippen LogP contribution in [0.4, 0.5) is 11.6 Å². The number of nitrogens with two attached hydrogens (primary N) is 1. The predicted molar refractivity (Wildman–Crippen MR) is 69.8 cm³/mol. The first kappa shape index (κ1) is 11.0. The van der Waals surface area contributed by atoms with E-state index >= 15 is 0 Å². The van der Waals surface area contributed by atoms with Gasteiger partial charge in [0.2, 0.25) is 5.95 Å². The highest BCUT2D eigenvalue weighted by Gasteiger charge is 2.14.